The summed E-state index contributed by atoms with van der Waals surface area (Å²) in [6, 6.07) is 24.3. The molecule has 2 heterocycles. The highest BCUT2D eigenvalue weighted by Crippen LogP contribution is 2.34. The molecule has 1 N–H and O–H groups in total. The molecular weight excluding hydrogens is 480 g/mol. The molecule has 192 valence electrons. The number of furan rings is 1. The number of nitrogens with zero attached hydrogens (tertiary/aromatic N) is 1. The number of fused-ring (bicyclic) bond motifs is 1. The SMILES string of the molecule is COc1cc2c(cc1OC)CN(C(=O)c1ccc(-c3ccc(NC(=O)/C=C/c4ccccc4)cc3)o1)CC2. The van der Waals surface area contributed by atoms with Gasteiger partial charge in [-0.2, -0.15) is 0 Å². The number of benzene rings is 3. The lowest BCUT2D eigenvalue weighted by molar-refractivity contribution is -0.111. The van der Waals surface area contributed by atoms with Gasteiger partial charge in [-0.15, -0.1) is 0 Å². The van der Waals surface area contributed by atoms with Crippen LogP contribution in [0.4, 0.5) is 5.69 Å². The predicted molar refractivity (Wildman–Crippen MR) is 146 cm³/mol. The summed E-state index contributed by atoms with van der Waals surface area (Å²) in [5, 5.41) is 2.85. The lowest BCUT2D eigenvalue weighted by Crippen LogP contribution is -2.35. The fraction of sp³-hybridized carbons (Fsp3) is 0.161. The molecule has 0 fully saturated rings. The molecule has 0 saturated heterocycles. The van der Waals surface area contributed by atoms with E-state index in [1.165, 1.54) is 6.08 Å². The van der Waals surface area contributed by atoms with Crippen LogP contribution in [0.5, 0.6) is 11.5 Å². The van der Waals surface area contributed by atoms with Crippen molar-refractivity contribution in [2.75, 3.05) is 26.1 Å². The van der Waals surface area contributed by atoms with E-state index >= 15 is 0 Å². The number of anilines is 1. The van der Waals surface area contributed by atoms with Crippen LogP contribution in [-0.4, -0.2) is 37.5 Å². The summed E-state index contributed by atoms with van der Waals surface area (Å²) < 4.78 is 16.8. The average Bonchev–Trinajstić information content (AvgIpc) is 3.46. The number of nitrogens with one attached hydrogen (secondary N) is 1. The zero-order chi connectivity index (χ0) is 26.5. The Morgan fingerprint density at radius 3 is 2.32 bits per heavy atom. The number of methoxy groups -OCH3 is 2. The van der Waals surface area contributed by atoms with Crippen molar-refractivity contribution in [1.82, 2.24) is 4.90 Å². The summed E-state index contributed by atoms with van der Waals surface area (Å²) in [5.41, 5.74) is 4.61. The number of rotatable bonds is 7. The zero-order valence-electron chi connectivity index (χ0n) is 21.3. The molecule has 0 spiro atoms. The quantitative estimate of drug-likeness (QED) is 0.319. The second kappa shape index (κ2) is 11.1. The van der Waals surface area contributed by atoms with Gasteiger partial charge in [0, 0.05) is 30.4 Å². The molecule has 3 aromatic carbocycles. The van der Waals surface area contributed by atoms with E-state index in [-0.39, 0.29) is 17.6 Å². The van der Waals surface area contributed by atoms with Crippen LogP contribution in [0.3, 0.4) is 0 Å². The molecule has 0 radical (unpaired) electrons. The molecule has 1 aromatic heterocycles. The van der Waals surface area contributed by atoms with Gasteiger partial charge in [0.25, 0.3) is 5.91 Å². The molecule has 38 heavy (non-hydrogen) atoms. The number of amides is 2. The van der Waals surface area contributed by atoms with E-state index in [4.69, 9.17) is 13.9 Å². The standard InChI is InChI=1S/C31H28N2O5/c1-36-28-18-23-16-17-33(20-24(23)19-29(28)37-2)31(35)27-14-13-26(38-27)22-9-11-25(12-10-22)32-30(34)15-8-21-6-4-3-5-7-21/h3-15,18-19H,16-17,20H2,1-2H3,(H,32,34)/b15-8+. The van der Waals surface area contributed by atoms with Crippen molar-refractivity contribution in [3.8, 4) is 22.8 Å². The van der Waals surface area contributed by atoms with Crippen LogP contribution < -0.4 is 14.8 Å². The maximum absolute atomic E-state index is 13.2. The molecule has 5 rings (SSSR count). The number of carbonyl (C=O) groups is 2. The number of ether oxygens (including phenoxy) is 2. The van der Waals surface area contributed by atoms with Gasteiger partial charge in [0.2, 0.25) is 5.91 Å². The molecule has 2 amide bonds. The van der Waals surface area contributed by atoms with E-state index in [9.17, 15) is 9.59 Å². The Labute approximate surface area is 221 Å². The molecule has 7 heteroatoms. The Morgan fingerprint density at radius 1 is 0.895 bits per heavy atom. The number of carbonyl (C=O) groups excluding carboxylic acids is 2. The Kier molecular flexibility index (Phi) is 7.26. The molecular formula is C31H28N2O5. The maximum atomic E-state index is 13.2. The highest BCUT2D eigenvalue weighted by Gasteiger charge is 2.25. The molecule has 0 aliphatic carbocycles. The van der Waals surface area contributed by atoms with E-state index in [0.29, 0.717) is 36.0 Å². The summed E-state index contributed by atoms with van der Waals surface area (Å²) >= 11 is 0. The molecule has 1 aliphatic heterocycles. The maximum Gasteiger partial charge on any atom is 0.289 e. The number of hydrogen-bond acceptors (Lipinski definition) is 5. The van der Waals surface area contributed by atoms with E-state index < -0.39 is 0 Å². The molecule has 0 atom stereocenters. The zero-order valence-corrected chi connectivity index (χ0v) is 21.3. The monoisotopic (exact) mass is 508 g/mol. The first-order chi connectivity index (χ1) is 18.5. The first kappa shape index (κ1) is 24.9. The van der Waals surface area contributed by atoms with Crippen molar-refractivity contribution in [2.24, 2.45) is 0 Å². The van der Waals surface area contributed by atoms with Crippen LogP contribution in [0.15, 0.2) is 89.4 Å². The van der Waals surface area contributed by atoms with Crippen LogP contribution in [-0.2, 0) is 17.8 Å². The highest BCUT2D eigenvalue weighted by atomic mass is 16.5. The largest absolute Gasteiger partial charge is 0.493 e. The second-order valence-corrected chi connectivity index (χ2v) is 8.93. The minimum atomic E-state index is -0.216. The fourth-order valence-electron chi connectivity index (χ4n) is 4.46. The minimum Gasteiger partial charge on any atom is -0.493 e. The van der Waals surface area contributed by atoms with Crippen molar-refractivity contribution < 1.29 is 23.5 Å². The lowest BCUT2D eigenvalue weighted by Gasteiger charge is -2.29. The van der Waals surface area contributed by atoms with Gasteiger partial charge in [-0.25, -0.2) is 0 Å². The molecule has 0 bridgehead atoms. The average molecular weight is 509 g/mol. The van der Waals surface area contributed by atoms with Crippen LogP contribution in [0.25, 0.3) is 17.4 Å². The first-order valence-electron chi connectivity index (χ1n) is 12.3. The van der Waals surface area contributed by atoms with Gasteiger partial charge in [0.1, 0.15) is 5.76 Å². The summed E-state index contributed by atoms with van der Waals surface area (Å²) in [6.45, 7) is 1.06. The molecule has 4 aromatic rings. The molecule has 7 nitrogen and oxygen atoms in total. The summed E-state index contributed by atoms with van der Waals surface area (Å²) in [4.78, 5) is 27.2. The third-order valence-electron chi connectivity index (χ3n) is 6.49. The van der Waals surface area contributed by atoms with Crippen LogP contribution in [0, 0.1) is 0 Å². The van der Waals surface area contributed by atoms with Gasteiger partial charge in [-0.05, 0) is 77.7 Å². The van der Waals surface area contributed by atoms with E-state index in [1.807, 2.05) is 54.6 Å². The van der Waals surface area contributed by atoms with Crippen LogP contribution in [0.2, 0.25) is 0 Å². The Bertz CT molecular complexity index is 1470. The minimum absolute atomic E-state index is 0.161. The van der Waals surface area contributed by atoms with Crippen molar-refractivity contribution in [2.45, 2.75) is 13.0 Å². The van der Waals surface area contributed by atoms with Gasteiger partial charge >= 0.3 is 0 Å². The molecule has 0 unspecified atom stereocenters. The Hall–Kier alpha value is -4.78. The van der Waals surface area contributed by atoms with Gasteiger partial charge < -0.3 is 24.1 Å². The molecule has 0 saturated carbocycles. The fourth-order valence-corrected chi connectivity index (χ4v) is 4.46. The summed E-state index contributed by atoms with van der Waals surface area (Å²) in [7, 11) is 3.22. The topological polar surface area (TPSA) is 81.0 Å². The van der Waals surface area contributed by atoms with Crippen molar-refractivity contribution in [3.05, 3.63) is 107 Å². The summed E-state index contributed by atoms with van der Waals surface area (Å²) in [6.07, 6.45) is 3.99. The first-order valence-corrected chi connectivity index (χ1v) is 12.3. The normalized spacial score (nSPS) is 12.7. The third kappa shape index (κ3) is 5.47. The van der Waals surface area contributed by atoms with Gasteiger partial charge in [-0.1, -0.05) is 30.3 Å². The van der Waals surface area contributed by atoms with Gasteiger partial charge in [0.05, 0.1) is 14.2 Å². The predicted octanol–water partition coefficient (Wildman–Crippen LogP) is 5.81. The van der Waals surface area contributed by atoms with Crippen molar-refractivity contribution in [3.63, 3.8) is 0 Å². The molecule has 1 aliphatic rings. The third-order valence-corrected chi connectivity index (χ3v) is 6.49. The van der Waals surface area contributed by atoms with Gasteiger partial charge in [0.15, 0.2) is 17.3 Å². The van der Waals surface area contributed by atoms with Crippen LogP contribution in [0.1, 0.15) is 27.2 Å². The Morgan fingerprint density at radius 2 is 1.61 bits per heavy atom. The van der Waals surface area contributed by atoms with Crippen LogP contribution >= 0.6 is 0 Å². The lowest BCUT2D eigenvalue weighted by atomic mass is 9.98. The number of hydrogen-bond donors (Lipinski definition) is 1. The van der Waals surface area contributed by atoms with Crippen molar-refractivity contribution >= 4 is 23.6 Å². The highest BCUT2D eigenvalue weighted by molar-refractivity contribution is 6.02. The second-order valence-electron chi connectivity index (χ2n) is 8.93. The van der Waals surface area contributed by atoms with Gasteiger partial charge in [-0.3, -0.25) is 9.59 Å². The van der Waals surface area contributed by atoms with E-state index in [0.717, 1.165) is 28.7 Å². The van der Waals surface area contributed by atoms with E-state index in [1.54, 1.807) is 49.5 Å². The summed E-state index contributed by atoms with van der Waals surface area (Å²) in [5.74, 6) is 1.83. The smallest absolute Gasteiger partial charge is 0.289 e. The Balaban J connectivity index is 1.23. The van der Waals surface area contributed by atoms with Crippen molar-refractivity contribution in [1.29, 1.82) is 0 Å². The van der Waals surface area contributed by atoms with E-state index in [2.05, 4.69) is 5.32 Å².